The van der Waals surface area contributed by atoms with Crippen LogP contribution in [0.5, 0.6) is 0 Å². The zero-order chi connectivity index (χ0) is 16.7. The summed E-state index contributed by atoms with van der Waals surface area (Å²) in [7, 11) is 0. The number of anilines is 1. The fraction of sp³-hybridized carbons (Fsp3) is 0.350. The molecule has 2 aromatic carbocycles. The minimum atomic E-state index is -0.0499. The molecular weight excluding hydrogens is 298 g/mol. The molecule has 4 heteroatoms. The highest BCUT2D eigenvalue weighted by atomic mass is 16.2. The van der Waals surface area contributed by atoms with Crippen molar-refractivity contribution in [1.82, 2.24) is 10.0 Å². The van der Waals surface area contributed by atoms with Gasteiger partial charge in [-0.2, -0.15) is 5.01 Å². The summed E-state index contributed by atoms with van der Waals surface area (Å²) in [5.41, 5.74) is 3.42. The van der Waals surface area contributed by atoms with Crippen molar-refractivity contribution in [3.8, 4) is 0 Å². The van der Waals surface area contributed by atoms with Gasteiger partial charge < -0.3 is 0 Å². The summed E-state index contributed by atoms with van der Waals surface area (Å²) >= 11 is 0. The van der Waals surface area contributed by atoms with Crippen LogP contribution in [0.4, 0.5) is 10.5 Å². The lowest BCUT2D eigenvalue weighted by atomic mass is 10.0. The Morgan fingerprint density at radius 3 is 2.33 bits per heavy atom. The summed E-state index contributed by atoms with van der Waals surface area (Å²) in [5, 5.41) is 4.10. The maximum atomic E-state index is 13.0. The molecule has 1 atom stereocenters. The average Bonchev–Trinajstić information content (AvgIpc) is 3.18. The maximum absolute atomic E-state index is 13.0. The largest absolute Gasteiger partial charge is 0.340 e. The molecule has 0 aliphatic carbocycles. The molecule has 0 aromatic heterocycles. The van der Waals surface area contributed by atoms with E-state index in [1.165, 1.54) is 5.56 Å². The molecule has 0 bridgehead atoms. The van der Waals surface area contributed by atoms with Crippen molar-refractivity contribution in [3.63, 3.8) is 0 Å². The monoisotopic (exact) mass is 321 g/mol. The SMILES string of the molecule is CC(C)c1ccc(N2C(=O)N3CCCN3C2c2ccccc2)cc1. The molecule has 2 amide bonds. The summed E-state index contributed by atoms with van der Waals surface area (Å²) in [6, 6.07) is 18.8. The molecule has 0 saturated carbocycles. The summed E-state index contributed by atoms with van der Waals surface area (Å²) in [4.78, 5) is 14.9. The fourth-order valence-corrected chi connectivity index (χ4v) is 3.67. The van der Waals surface area contributed by atoms with E-state index in [4.69, 9.17) is 0 Å². The maximum Gasteiger partial charge on any atom is 0.340 e. The van der Waals surface area contributed by atoms with Gasteiger partial charge >= 0.3 is 6.03 Å². The lowest BCUT2D eigenvalue weighted by molar-refractivity contribution is 0.0728. The molecule has 2 aromatic rings. The number of hydrazine groups is 1. The second-order valence-electron chi connectivity index (χ2n) is 6.82. The molecule has 1 unspecified atom stereocenters. The number of nitrogens with zero attached hydrogens (tertiary/aromatic N) is 3. The van der Waals surface area contributed by atoms with Crippen molar-refractivity contribution in [2.45, 2.75) is 32.4 Å². The van der Waals surface area contributed by atoms with Crippen LogP contribution in [0.15, 0.2) is 54.6 Å². The molecule has 24 heavy (non-hydrogen) atoms. The Morgan fingerprint density at radius 1 is 0.958 bits per heavy atom. The second-order valence-corrected chi connectivity index (χ2v) is 6.82. The first-order valence-corrected chi connectivity index (χ1v) is 8.69. The average molecular weight is 321 g/mol. The number of benzene rings is 2. The predicted octanol–water partition coefficient (Wildman–Crippen LogP) is 4.37. The first kappa shape index (κ1) is 15.2. The van der Waals surface area contributed by atoms with Gasteiger partial charge in [-0.25, -0.2) is 4.79 Å². The standard InChI is InChI=1S/C20H23N3O/c1-15(2)16-9-11-18(12-10-16)23-19(17-7-4-3-5-8-17)21-13-6-14-22(21)20(23)24/h3-5,7-12,15,19H,6,13-14H2,1-2H3. The number of amides is 2. The van der Waals surface area contributed by atoms with Crippen molar-refractivity contribution >= 4 is 11.7 Å². The lowest BCUT2D eigenvalue weighted by Crippen LogP contribution is -2.32. The molecule has 0 spiro atoms. The van der Waals surface area contributed by atoms with Crippen molar-refractivity contribution in [2.24, 2.45) is 0 Å². The van der Waals surface area contributed by atoms with Crippen LogP contribution in [0, 0.1) is 0 Å². The predicted molar refractivity (Wildman–Crippen MR) is 95.6 cm³/mol. The number of rotatable bonds is 3. The highest BCUT2D eigenvalue weighted by Gasteiger charge is 2.47. The van der Waals surface area contributed by atoms with Crippen LogP contribution in [0.3, 0.4) is 0 Å². The molecule has 4 nitrogen and oxygen atoms in total. The van der Waals surface area contributed by atoms with E-state index < -0.39 is 0 Å². The molecular formula is C20H23N3O. The molecule has 0 N–H and O–H groups in total. The third-order valence-corrected chi connectivity index (χ3v) is 4.96. The topological polar surface area (TPSA) is 26.8 Å². The Hall–Kier alpha value is -2.33. The number of urea groups is 1. The molecule has 2 heterocycles. The van der Waals surface area contributed by atoms with Gasteiger partial charge in [0.25, 0.3) is 0 Å². The smallest absolute Gasteiger partial charge is 0.271 e. The minimum Gasteiger partial charge on any atom is -0.271 e. The van der Waals surface area contributed by atoms with E-state index >= 15 is 0 Å². The highest BCUT2D eigenvalue weighted by molar-refractivity contribution is 5.94. The molecule has 2 fully saturated rings. The summed E-state index contributed by atoms with van der Waals surface area (Å²) in [6.07, 6.45) is 0.987. The van der Waals surface area contributed by atoms with Crippen LogP contribution in [0.25, 0.3) is 0 Å². The van der Waals surface area contributed by atoms with E-state index in [0.29, 0.717) is 5.92 Å². The number of fused-ring (bicyclic) bond motifs is 1. The highest BCUT2D eigenvalue weighted by Crippen LogP contribution is 2.40. The Labute approximate surface area is 143 Å². The van der Waals surface area contributed by atoms with Crippen LogP contribution in [0.1, 0.15) is 43.5 Å². The van der Waals surface area contributed by atoms with Crippen LogP contribution in [-0.2, 0) is 0 Å². The quantitative estimate of drug-likeness (QED) is 0.839. The van der Waals surface area contributed by atoms with Crippen molar-refractivity contribution in [3.05, 3.63) is 65.7 Å². The first-order valence-electron chi connectivity index (χ1n) is 8.69. The molecule has 0 radical (unpaired) electrons. The van der Waals surface area contributed by atoms with Crippen molar-refractivity contribution < 1.29 is 4.79 Å². The van der Waals surface area contributed by atoms with E-state index in [9.17, 15) is 4.79 Å². The number of carbonyl (C=O) groups is 1. The van der Waals surface area contributed by atoms with Gasteiger partial charge in [-0.3, -0.25) is 9.91 Å². The van der Waals surface area contributed by atoms with Crippen LogP contribution in [-0.4, -0.2) is 29.1 Å². The molecule has 4 rings (SSSR count). The van der Waals surface area contributed by atoms with Crippen molar-refractivity contribution in [2.75, 3.05) is 18.0 Å². The van der Waals surface area contributed by atoms with Gasteiger partial charge in [0.2, 0.25) is 0 Å². The Balaban J connectivity index is 1.75. The fourth-order valence-electron chi connectivity index (χ4n) is 3.67. The van der Waals surface area contributed by atoms with E-state index in [2.05, 4.69) is 55.3 Å². The summed E-state index contributed by atoms with van der Waals surface area (Å²) < 4.78 is 0. The van der Waals surface area contributed by atoms with E-state index in [0.717, 1.165) is 30.8 Å². The lowest BCUT2D eigenvalue weighted by Gasteiger charge is -2.28. The Kier molecular flexibility index (Phi) is 3.77. The van der Waals surface area contributed by atoms with Gasteiger partial charge in [-0.1, -0.05) is 56.3 Å². The number of hydrogen-bond acceptors (Lipinski definition) is 2. The van der Waals surface area contributed by atoms with Crippen LogP contribution in [0.2, 0.25) is 0 Å². The molecule has 124 valence electrons. The van der Waals surface area contributed by atoms with Gasteiger partial charge in [0, 0.05) is 18.8 Å². The molecule has 2 aliphatic rings. The normalized spacial score (nSPS) is 21.0. The van der Waals surface area contributed by atoms with Gasteiger partial charge in [-0.15, -0.1) is 0 Å². The van der Waals surface area contributed by atoms with Crippen molar-refractivity contribution in [1.29, 1.82) is 0 Å². The number of hydrogen-bond donors (Lipinski definition) is 0. The zero-order valence-electron chi connectivity index (χ0n) is 14.2. The second kappa shape index (κ2) is 5.95. The molecule has 2 aliphatic heterocycles. The van der Waals surface area contributed by atoms with Gasteiger partial charge in [0.05, 0.1) is 0 Å². The van der Waals surface area contributed by atoms with Gasteiger partial charge in [-0.05, 0) is 35.6 Å². The third kappa shape index (κ3) is 2.38. The van der Waals surface area contributed by atoms with Crippen LogP contribution >= 0.6 is 0 Å². The van der Waals surface area contributed by atoms with E-state index in [-0.39, 0.29) is 12.2 Å². The van der Waals surface area contributed by atoms with Gasteiger partial charge in [0.1, 0.15) is 6.17 Å². The number of carbonyl (C=O) groups excluding carboxylic acids is 1. The Morgan fingerprint density at radius 2 is 1.67 bits per heavy atom. The van der Waals surface area contributed by atoms with Crippen LogP contribution < -0.4 is 4.90 Å². The zero-order valence-corrected chi connectivity index (χ0v) is 14.2. The summed E-state index contributed by atoms with van der Waals surface area (Å²) in [5.74, 6) is 0.491. The Bertz CT molecular complexity index is 726. The molecule has 2 saturated heterocycles. The third-order valence-electron chi connectivity index (χ3n) is 4.96. The minimum absolute atomic E-state index is 0.0499. The first-order chi connectivity index (χ1) is 11.7. The van der Waals surface area contributed by atoms with E-state index in [1.54, 1.807) is 0 Å². The van der Waals surface area contributed by atoms with E-state index in [1.807, 2.05) is 28.1 Å². The summed E-state index contributed by atoms with van der Waals surface area (Å²) in [6.45, 7) is 6.10. The van der Waals surface area contributed by atoms with Gasteiger partial charge in [0.15, 0.2) is 0 Å².